The third-order valence-corrected chi connectivity index (χ3v) is 6.66. The van der Waals surface area contributed by atoms with Crippen LogP contribution in [0.2, 0.25) is 0 Å². The topological polar surface area (TPSA) is 74.6 Å². The molecule has 0 spiro atoms. The van der Waals surface area contributed by atoms with Crippen LogP contribution in [0.4, 0.5) is 0 Å². The first kappa shape index (κ1) is 18.9. The second-order valence-electron chi connectivity index (χ2n) is 8.50. The van der Waals surface area contributed by atoms with Crippen LogP contribution in [-0.2, 0) is 0 Å². The van der Waals surface area contributed by atoms with Gasteiger partial charge in [0.25, 0.3) is 5.91 Å². The van der Waals surface area contributed by atoms with E-state index in [4.69, 9.17) is 14.7 Å². The second kappa shape index (κ2) is 7.40. The van der Waals surface area contributed by atoms with Gasteiger partial charge in [-0.1, -0.05) is 36.4 Å². The first-order valence-corrected chi connectivity index (χ1v) is 10.7. The van der Waals surface area contributed by atoms with Gasteiger partial charge >= 0.3 is 0 Å². The molecule has 4 aliphatic heterocycles. The van der Waals surface area contributed by atoms with Crippen molar-refractivity contribution in [3.8, 4) is 28.7 Å². The molecule has 2 bridgehead atoms. The van der Waals surface area contributed by atoms with E-state index in [1.807, 2.05) is 29.2 Å². The molecule has 4 heterocycles. The molecule has 1 N–H and O–H groups in total. The zero-order chi connectivity index (χ0) is 21.7. The summed E-state index contributed by atoms with van der Waals surface area (Å²) in [6.45, 7) is 1.57. The molecule has 32 heavy (non-hydrogen) atoms. The van der Waals surface area contributed by atoms with Crippen molar-refractivity contribution in [3.63, 3.8) is 0 Å². The first-order valence-electron chi connectivity index (χ1n) is 10.7. The van der Waals surface area contributed by atoms with Gasteiger partial charge in [0.05, 0.1) is 11.6 Å². The number of piperidine rings is 1. The number of ether oxygens (including phenoxy) is 2. The Hall–Kier alpha value is -3.82. The number of amides is 1. The molecule has 0 saturated carbocycles. The lowest BCUT2D eigenvalue weighted by Gasteiger charge is -2.54. The van der Waals surface area contributed by atoms with E-state index in [0.29, 0.717) is 41.6 Å². The van der Waals surface area contributed by atoms with E-state index in [9.17, 15) is 4.79 Å². The van der Waals surface area contributed by atoms with Crippen molar-refractivity contribution in [2.45, 2.75) is 18.0 Å². The van der Waals surface area contributed by atoms with Crippen LogP contribution in [0.25, 0.3) is 11.1 Å². The Labute approximate surface area is 186 Å². The summed E-state index contributed by atoms with van der Waals surface area (Å²) in [5.74, 6) is 1.75. The van der Waals surface area contributed by atoms with Crippen LogP contribution < -0.4 is 14.8 Å². The molecule has 7 rings (SSSR count). The van der Waals surface area contributed by atoms with Crippen molar-refractivity contribution in [3.05, 3.63) is 83.4 Å². The molecular weight excluding hydrogens is 402 g/mol. The monoisotopic (exact) mass is 423 g/mol. The smallest absolute Gasteiger partial charge is 0.254 e. The Morgan fingerprint density at radius 1 is 0.938 bits per heavy atom. The molecular formula is C26H21N3O3. The first-order chi connectivity index (χ1) is 15.7. The van der Waals surface area contributed by atoms with Crippen molar-refractivity contribution >= 4 is 5.91 Å². The lowest BCUT2D eigenvalue weighted by molar-refractivity contribution is 0.0367. The maximum absolute atomic E-state index is 13.0. The maximum Gasteiger partial charge on any atom is 0.254 e. The van der Waals surface area contributed by atoms with E-state index in [0.717, 1.165) is 11.1 Å². The number of fused-ring (bicyclic) bond motifs is 3. The summed E-state index contributed by atoms with van der Waals surface area (Å²) >= 11 is 0. The van der Waals surface area contributed by atoms with E-state index < -0.39 is 0 Å². The Kier molecular flexibility index (Phi) is 4.37. The Balaban J connectivity index is 1.16. The summed E-state index contributed by atoms with van der Waals surface area (Å²) in [6.07, 6.45) is 0. The molecule has 6 heteroatoms. The molecule has 1 unspecified atom stereocenters. The van der Waals surface area contributed by atoms with Crippen LogP contribution in [0.15, 0.2) is 66.7 Å². The van der Waals surface area contributed by atoms with Crippen molar-refractivity contribution in [2.24, 2.45) is 0 Å². The van der Waals surface area contributed by atoms with Gasteiger partial charge in [0.15, 0.2) is 11.5 Å². The maximum atomic E-state index is 13.0. The van der Waals surface area contributed by atoms with E-state index in [1.54, 1.807) is 18.2 Å². The molecule has 6 nitrogen and oxygen atoms in total. The summed E-state index contributed by atoms with van der Waals surface area (Å²) < 4.78 is 10.8. The van der Waals surface area contributed by atoms with Gasteiger partial charge in [0.2, 0.25) is 6.79 Å². The van der Waals surface area contributed by atoms with Crippen LogP contribution in [-0.4, -0.2) is 42.8 Å². The highest BCUT2D eigenvalue weighted by atomic mass is 16.7. The number of nitrogens with one attached hydrogen (secondary N) is 1. The van der Waals surface area contributed by atoms with Crippen LogP contribution in [0.5, 0.6) is 11.5 Å². The number of rotatable bonds is 3. The minimum Gasteiger partial charge on any atom is -0.454 e. The van der Waals surface area contributed by atoms with Crippen LogP contribution >= 0.6 is 0 Å². The van der Waals surface area contributed by atoms with E-state index in [-0.39, 0.29) is 24.8 Å². The highest BCUT2D eigenvalue weighted by Gasteiger charge is 2.48. The van der Waals surface area contributed by atoms with E-state index in [2.05, 4.69) is 35.7 Å². The summed E-state index contributed by atoms with van der Waals surface area (Å²) in [7, 11) is 0. The zero-order valence-electron chi connectivity index (χ0n) is 17.3. The lowest BCUT2D eigenvalue weighted by Crippen LogP contribution is -2.72. The fourth-order valence-electron chi connectivity index (χ4n) is 5.03. The second-order valence-corrected chi connectivity index (χ2v) is 8.50. The minimum absolute atomic E-state index is 0.0333. The van der Waals surface area contributed by atoms with Gasteiger partial charge in [-0.05, 0) is 47.0 Å². The summed E-state index contributed by atoms with van der Waals surface area (Å²) in [4.78, 5) is 15.0. The molecule has 3 fully saturated rings. The zero-order valence-corrected chi connectivity index (χ0v) is 17.3. The minimum atomic E-state index is 0.0333. The number of carbonyl (C=O) groups is 1. The van der Waals surface area contributed by atoms with Crippen LogP contribution in [0.3, 0.4) is 0 Å². The predicted octanol–water partition coefficient (Wildman–Crippen LogP) is 3.53. The highest BCUT2D eigenvalue weighted by Crippen LogP contribution is 2.39. The number of carbonyl (C=O) groups excluding carboxylic acids is 1. The number of hydrogen-bond donors (Lipinski definition) is 1. The highest BCUT2D eigenvalue weighted by molar-refractivity contribution is 5.95. The Bertz CT molecular complexity index is 1240. The SMILES string of the molecule is N#Cc1cccc(-c2ccc(C3[C@@H]4CN(C(=O)c5ccc6c(c5)OCO6)C[C@H]3N4)cc2)c1. The fourth-order valence-corrected chi connectivity index (χ4v) is 5.03. The summed E-state index contributed by atoms with van der Waals surface area (Å²) in [6, 6.07) is 24.3. The lowest BCUT2D eigenvalue weighted by atomic mass is 9.74. The average Bonchev–Trinajstić information content (AvgIpc) is 3.32. The van der Waals surface area contributed by atoms with Gasteiger partial charge in [0.1, 0.15) is 0 Å². The van der Waals surface area contributed by atoms with Gasteiger partial charge in [0, 0.05) is 36.7 Å². The molecule has 1 amide bonds. The van der Waals surface area contributed by atoms with Gasteiger partial charge in [-0.25, -0.2) is 0 Å². The van der Waals surface area contributed by atoms with E-state index >= 15 is 0 Å². The Morgan fingerprint density at radius 2 is 1.72 bits per heavy atom. The van der Waals surface area contributed by atoms with Gasteiger partial charge in [-0.3, -0.25) is 4.79 Å². The molecule has 3 atom stereocenters. The number of hydrogen-bond acceptors (Lipinski definition) is 5. The van der Waals surface area contributed by atoms with Crippen molar-refractivity contribution in [1.29, 1.82) is 5.26 Å². The van der Waals surface area contributed by atoms with Crippen LogP contribution in [0, 0.1) is 11.3 Å². The molecule has 0 aliphatic carbocycles. The van der Waals surface area contributed by atoms with Crippen LogP contribution in [0.1, 0.15) is 27.4 Å². The predicted molar refractivity (Wildman–Crippen MR) is 119 cm³/mol. The normalized spacial score (nSPS) is 22.7. The molecule has 0 radical (unpaired) electrons. The van der Waals surface area contributed by atoms with Crippen molar-refractivity contribution in [2.75, 3.05) is 19.9 Å². The van der Waals surface area contributed by atoms with Gasteiger partial charge < -0.3 is 19.7 Å². The number of benzene rings is 3. The molecule has 3 aromatic carbocycles. The van der Waals surface area contributed by atoms with Gasteiger partial charge in [-0.15, -0.1) is 0 Å². The largest absolute Gasteiger partial charge is 0.454 e. The third-order valence-electron chi connectivity index (χ3n) is 6.66. The number of nitriles is 1. The van der Waals surface area contributed by atoms with E-state index in [1.165, 1.54) is 5.56 Å². The standard InChI is InChI=1S/C26H21N3O3/c27-12-16-2-1-3-19(10-16)17-4-6-18(7-5-17)25-21-13-29(14-22(25)28-21)26(30)20-8-9-23-24(11-20)32-15-31-23/h1-11,21-22,25,28H,13-15H2/t21-,22+,25?. The van der Waals surface area contributed by atoms with Crippen molar-refractivity contribution < 1.29 is 14.3 Å². The molecule has 3 aromatic rings. The third kappa shape index (κ3) is 3.10. The number of nitrogens with zero attached hydrogens (tertiary/aromatic N) is 2. The fraction of sp³-hybridized carbons (Fsp3) is 0.231. The molecule has 158 valence electrons. The molecule has 0 aromatic heterocycles. The van der Waals surface area contributed by atoms with Gasteiger partial charge in [-0.2, -0.15) is 5.26 Å². The Morgan fingerprint density at radius 3 is 2.50 bits per heavy atom. The van der Waals surface area contributed by atoms with Crippen molar-refractivity contribution in [1.82, 2.24) is 10.2 Å². The quantitative estimate of drug-likeness (QED) is 0.698. The average molecular weight is 423 g/mol. The summed E-state index contributed by atoms with van der Waals surface area (Å²) in [5.41, 5.74) is 4.73. The molecule has 3 saturated heterocycles. The molecule has 4 aliphatic rings. The number of piperazine rings is 1. The summed E-state index contributed by atoms with van der Waals surface area (Å²) in [5, 5.41) is 12.7.